The fourth-order valence-corrected chi connectivity index (χ4v) is 3.54. The van der Waals surface area contributed by atoms with Gasteiger partial charge in [-0.3, -0.25) is 4.79 Å². The molecule has 0 spiro atoms. The van der Waals surface area contributed by atoms with Crippen molar-refractivity contribution in [2.75, 3.05) is 5.32 Å². The van der Waals surface area contributed by atoms with E-state index in [2.05, 4.69) is 5.32 Å². The minimum atomic E-state index is -4.86. The zero-order valence-corrected chi connectivity index (χ0v) is 21.7. The first-order valence-corrected chi connectivity index (χ1v) is 11.8. The zero-order valence-electron chi connectivity index (χ0n) is 21.7. The number of carbonyl (C=O) groups excluding carboxylic acids is 3. The molecule has 14 heteroatoms. The maximum atomic E-state index is 13.2. The van der Waals surface area contributed by atoms with Gasteiger partial charge in [-0.1, -0.05) is 18.2 Å². The van der Waals surface area contributed by atoms with Crippen molar-refractivity contribution in [1.29, 1.82) is 0 Å². The van der Waals surface area contributed by atoms with Crippen molar-refractivity contribution in [1.82, 2.24) is 0 Å². The second kappa shape index (κ2) is 12.3. The summed E-state index contributed by atoms with van der Waals surface area (Å²) in [6.07, 6.45) is -14.9. The highest BCUT2D eigenvalue weighted by atomic mass is 19.4. The minimum Gasteiger partial charge on any atom is -0.478 e. The highest BCUT2D eigenvalue weighted by Gasteiger charge is 2.42. The SMILES string of the molecule is Cc1ccc(NC(=O)[C@@H](OC(=O)c2cccc(C(F)(F)F)c2)[C@@H](OC(=O)c2cccc(C(F)(F)F)c2)C(=O)O)cc1C. The summed E-state index contributed by atoms with van der Waals surface area (Å²) in [5.74, 6) is -6.61. The molecule has 3 aromatic rings. The summed E-state index contributed by atoms with van der Waals surface area (Å²) in [7, 11) is 0. The van der Waals surface area contributed by atoms with Gasteiger partial charge in [0.1, 0.15) is 0 Å². The number of esters is 2. The van der Waals surface area contributed by atoms with Crippen molar-refractivity contribution in [2.24, 2.45) is 0 Å². The molecule has 222 valence electrons. The van der Waals surface area contributed by atoms with Gasteiger partial charge in [0.15, 0.2) is 0 Å². The summed E-state index contributed by atoms with van der Waals surface area (Å²) in [6.45, 7) is 3.45. The molecule has 2 atom stereocenters. The number of amides is 1. The Hall–Kier alpha value is -4.88. The number of hydrogen-bond donors (Lipinski definition) is 2. The van der Waals surface area contributed by atoms with Crippen molar-refractivity contribution in [3.63, 3.8) is 0 Å². The van der Waals surface area contributed by atoms with Crippen molar-refractivity contribution in [2.45, 2.75) is 38.4 Å². The van der Waals surface area contributed by atoms with Crippen LogP contribution in [0.25, 0.3) is 0 Å². The number of alkyl halides is 6. The summed E-state index contributed by atoms with van der Waals surface area (Å²) in [5.41, 5.74) is -2.37. The van der Waals surface area contributed by atoms with Gasteiger partial charge in [-0.05, 0) is 73.5 Å². The second-order valence-electron chi connectivity index (χ2n) is 8.94. The van der Waals surface area contributed by atoms with Crippen LogP contribution in [0.15, 0.2) is 66.7 Å². The predicted molar refractivity (Wildman–Crippen MR) is 133 cm³/mol. The van der Waals surface area contributed by atoms with Gasteiger partial charge in [-0.25, -0.2) is 14.4 Å². The summed E-state index contributed by atoms with van der Waals surface area (Å²) in [6, 6.07) is 10.1. The maximum Gasteiger partial charge on any atom is 0.416 e. The number of halogens is 6. The number of rotatable bonds is 8. The largest absolute Gasteiger partial charge is 0.478 e. The van der Waals surface area contributed by atoms with E-state index in [0.29, 0.717) is 29.8 Å². The summed E-state index contributed by atoms with van der Waals surface area (Å²) in [5, 5.41) is 12.1. The molecule has 0 radical (unpaired) electrons. The van der Waals surface area contributed by atoms with Crippen LogP contribution in [0.3, 0.4) is 0 Å². The van der Waals surface area contributed by atoms with E-state index in [-0.39, 0.29) is 5.69 Å². The molecule has 3 rings (SSSR count). The van der Waals surface area contributed by atoms with Crippen LogP contribution >= 0.6 is 0 Å². The molecular formula is C28H21F6NO7. The molecule has 8 nitrogen and oxygen atoms in total. The molecule has 2 N–H and O–H groups in total. The number of hydrogen-bond acceptors (Lipinski definition) is 6. The molecule has 0 aliphatic carbocycles. The lowest BCUT2D eigenvalue weighted by Crippen LogP contribution is -2.48. The van der Waals surface area contributed by atoms with E-state index in [1.807, 2.05) is 0 Å². The summed E-state index contributed by atoms with van der Waals surface area (Å²) < 4.78 is 88.5. The number of carboxylic acids is 1. The Morgan fingerprint density at radius 3 is 1.60 bits per heavy atom. The topological polar surface area (TPSA) is 119 Å². The Morgan fingerprint density at radius 1 is 0.690 bits per heavy atom. The average molecular weight is 597 g/mol. The quantitative estimate of drug-likeness (QED) is 0.248. The zero-order chi connectivity index (χ0) is 31.4. The van der Waals surface area contributed by atoms with E-state index in [4.69, 9.17) is 9.47 Å². The van der Waals surface area contributed by atoms with Gasteiger partial charge in [0.05, 0.1) is 22.3 Å². The molecule has 0 aromatic heterocycles. The Morgan fingerprint density at radius 2 is 1.17 bits per heavy atom. The van der Waals surface area contributed by atoms with Crippen molar-refractivity contribution >= 4 is 29.5 Å². The van der Waals surface area contributed by atoms with E-state index in [0.717, 1.165) is 29.8 Å². The Balaban J connectivity index is 1.98. The average Bonchev–Trinajstić information content (AvgIpc) is 2.91. The molecule has 0 saturated carbocycles. The molecule has 0 aliphatic rings. The van der Waals surface area contributed by atoms with E-state index < -0.39 is 70.6 Å². The third-order valence-corrected chi connectivity index (χ3v) is 5.87. The van der Waals surface area contributed by atoms with Crippen LogP contribution in [-0.2, 0) is 31.4 Å². The molecule has 0 aliphatic heterocycles. The fraction of sp³-hybridized carbons (Fsp3) is 0.214. The molecule has 0 bridgehead atoms. The molecule has 0 unspecified atom stereocenters. The first-order chi connectivity index (χ1) is 19.5. The molecule has 0 fully saturated rings. The maximum absolute atomic E-state index is 13.2. The summed E-state index contributed by atoms with van der Waals surface area (Å²) in [4.78, 5) is 50.8. The lowest BCUT2D eigenvalue weighted by molar-refractivity contribution is -0.157. The van der Waals surface area contributed by atoms with Gasteiger partial charge in [0.2, 0.25) is 12.2 Å². The van der Waals surface area contributed by atoms with Crippen molar-refractivity contribution in [3.05, 3.63) is 100 Å². The number of nitrogens with one attached hydrogen (secondary N) is 1. The first kappa shape index (κ1) is 31.6. The molecule has 0 heterocycles. The second-order valence-corrected chi connectivity index (χ2v) is 8.94. The number of carboxylic acid groups (broad SMARTS) is 1. The van der Waals surface area contributed by atoms with Crippen LogP contribution in [0.1, 0.15) is 43.0 Å². The van der Waals surface area contributed by atoms with E-state index >= 15 is 0 Å². The monoisotopic (exact) mass is 597 g/mol. The lowest BCUT2D eigenvalue weighted by atomic mass is 10.1. The van der Waals surface area contributed by atoms with Crippen LogP contribution in [0.5, 0.6) is 0 Å². The number of aryl methyl sites for hydroxylation is 2. The number of anilines is 1. The number of ether oxygens (including phenoxy) is 2. The first-order valence-electron chi connectivity index (χ1n) is 11.8. The third kappa shape index (κ3) is 7.86. The minimum absolute atomic E-state index is 0.0940. The van der Waals surface area contributed by atoms with Gasteiger partial charge in [0, 0.05) is 5.69 Å². The van der Waals surface area contributed by atoms with Crippen LogP contribution in [0, 0.1) is 13.8 Å². The molecular weight excluding hydrogens is 576 g/mol. The molecule has 3 aromatic carbocycles. The smallest absolute Gasteiger partial charge is 0.416 e. The van der Waals surface area contributed by atoms with Crippen LogP contribution in [0.2, 0.25) is 0 Å². The van der Waals surface area contributed by atoms with Crippen molar-refractivity contribution < 1.29 is 60.1 Å². The standard InChI is InChI=1S/C28H21F6NO7/c1-14-9-10-20(11-15(14)2)35-23(36)21(41-25(39)16-5-3-7-18(12-16)27(29,30)31)22(24(37)38)42-26(40)17-6-4-8-19(13-17)28(32,33)34/h3-13,21-22H,1-2H3,(H,35,36)(H,37,38)/t21-,22+/m0/s1. The predicted octanol–water partition coefficient (Wildman–Crippen LogP) is 5.82. The van der Waals surface area contributed by atoms with Gasteiger partial charge in [-0.2, -0.15) is 26.3 Å². The van der Waals surface area contributed by atoms with E-state index in [1.54, 1.807) is 19.9 Å². The van der Waals surface area contributed by atoms with Crippen LogP contribution in [-0.4, -0.2) is 41.1 Å². The van der Waals surface area contributed by atoms with Gasteiger partial charge in [0.25, 0.3) is 5.91 Å². The van der Waals surface area contributed by atoms with Gasteiger partial charge >= 0.3 is 30.3 Å². The van der Waals surface area contributed by atoms with Crippen LogP contribution in [0.4, 0.5) is 32.0 Å². The van der Waals surface area contributed by atoms with Crippen LogP contribution < -0.4 is 5.32 Å². The fourth-order valence-electron chi connectivity index (χ4n) is 3.54. The van der Waals surface area contributed by atoms with Gasteiger partial charge < -0.3 is 19.9 Å². The Labute approximate surface area is 233 Å². The normalized spacial score (nSPS) is 13.0. The third-order valence-electron chi connectivity index (χ3n) is 5.87. The summed E-state index contributed by atoms with van der Waals surface area (Å²) >= 11 is 0. The Bertz CT molecular complexity index is 1520. The number of carbonyl (C=O) groups is 4. The van der Waals surface area contributed by atoms with E-state index in [9.17, 15) is 50.6 Å². The Kier molecular flexibility index (Phi) is 9.29. The highest BCUT2D eigenvalue weighted by molar-refractivity contribution is 6.01. The lowest BCUT2D eigenvalue weighted by Gasteiger charge is -2.24. The van der Waals surface area contributed by atoms with Gasteiger partial charge in [-0.15, -0.1) is 0 Å². The number of aliphatic carboxylic acids is 1. The van der Waals surface area contributed by atoms with Crippen molar-refractivity contribution in [3.8, 4) is 0 Å². The highest BCUT2D eigenvalue weighted by Crippen LogP contribution is 2.31. The molecule has 42 heavy (non-hydrogen) atoms. The molecule has 0 saturated heterocycles. The van der Waals surface area contributed by atoms with E-state index in [1.165, 1.54) is 12.1 Å². The number of benzene rings is 3. The molecule has 1 amide bonds.